The summed E-state index contributed by atoms with van der Waals surface area (Å²) in [5.74, 6) is 2.51. The zero-order chi connectivity index (χ0) is 12.3. The summed E-state index contributed by atoms with van der Waals surface area (Å²) < 4.78 is 0. The van der Waals surface area contributed by atoms with Crippen molar-refractivity contribution in [2.45, 2.75) is 45.4 Å². The molecule has 1 aliphatic carbocycles. The third kappa shape index (κ3) is 3.44. The molecule has 1 unspecified atom stereocenters. The molecule has 0 aromatic rings. The molecule has 3 nitrogen and oxygen atoms in total. The van der Waals surface area contributed by atoms with Crippen LogP contribution in [0, 0.1) is 17.8 Å². The van der Waals surface area contributed by atoms with Gasteiger partial charge in [0.15, 0.2) is 0 Å². The van der Waals surface area contributed by atoms with E-state index in [9.17, 15) is 4.79 Å². The van der Waals surface area contributed by atoms with Crippen molar-refractivity contribution in [3.05, 3.63) is 0 Å². The van der Waals surface area contributed by atoms with E-state index in [1.54, 1.807) is 0 Å². The van der Waals surface area contributed by atoms with E-state index in [1.807, 2.05) is 4.90 Å². The van der Waals surface area contributed by atoms with Gasteiger partial charge < -0.3 is 10.6 Å². The molecule has 2 fully saturated rings. The topological polar surface area (TPSA) is 46.3 Å². The van der Waals surface area contributed by atoms with Crippen molar-refractivity contribution in [1.82, 2.24) is 4.90 Å². The minimum absolute atomic E-state index is 0.324. The smallest absolute Gasteiger partial charge is 0.222 e. The molecule has 1 saturated carbocycles. The van der Waals surface area contributed by atoms with Crippen molar-refractivity contribution >= 4 is 5.91 Å². The predicted molar refractivity (Wildman–Crippen MR) is 69.5 cm³/mol. The van der Waals surface area contributed by atoms with Gasteiger partial charge >= 0.3 is 0 Å². The van der Waals surface area contributed by atoms with Crippen molar-refractivity contribution in [2.24, 2.45) is 23.5 Å². The van der Waals surface area contributed by atoms with Gasteiger partial charge in [0.1, 0.15) is 0 Å². The highest BCUT2D eigenvalue weighted by Gasteiger charge is 2.29. The Bertz CT molecular complexity index is 259. The number of nitrogens with two attached hydrogens (primary N) is 1. The van der Waals surface area contributed by atoms with E-state index in [2.05, 4.69) is 6.92 Å². The summed E-state index contributed by atoms with van der Waals surface area (Å²) in [6, 6.07) is 0. The Balaban J connectivity index is 1.70. The molecule has 0 aromatic carbocycles. The average Bonchev–Trinajstić information content (AvgIpc) is 2.69. The molecule has 17 heavy (non-hydrogen) atoms. The summed E-state index contributed by atoms with van der Waals surface area (Å²) in [4.78, 5) is 13.8. The fraction of sp³-hybridized carbons (Fsp3) is 0.929. The van der Waals surface area contributed by atoms with E-state index in [1.165, 1.54) is 32.1 Å². The lowest BCUT2D eigenvalue weighted by Gasteiger charge is -2.27. The number of nitrogens with zero attached hydrogens (tertiary/aromatic N) is 1. The molecule has 98 valence electrons. The van der Waals surface area contributed by atoms with Crippen LogP contribution in [0.15, 0.2) is 0 Å². The van der Waals surface area contributed by atoms with Crippen LogP contribution in [0.4, 0.5) is 0 Å². The highest BCUT2D eigenvalue weighted by molar-refractivity contribution is 5.78. The van der Waals surface area contributed by atoms with Gasteiger partial charge in [-0.2, -0.15) is 0 Å². The molecule has 1 heterocycles. The molecular formula is C14H26N2O. The van der Waals surface area contributed by atoms with Crippen LogP contribution in [0.25, 0.3) is 0 Å². The van der Waals surface area contributed by atoms with E-state index >= 15 is 0 Å². The number of rotatable bonds is 4. The molecule has 3 heteroatoms. The molecule has 0 bridgehead atoms. The zero-order valence-electron chi connectivity index (χ0n) is 11.0. The van der Waals surface area contributed by atoms with Gasteiger partial charge in [0.05, 0.1) is 0 Å². The standard InChI is InChI=1S/C14H26N2O/c1-11-2-4-12(5-3-11)6-7-16-10-13(9-15)8-14(16)17/h11-13H,2-10,15H2,1H3. The number of amides is 1. The van der Waals surface area contributed by atoms with Crippen molar-refractivity contribution in [3.63, 3.8) is 0 Å². The van der Waals surface area contributed by atoms with Gasteiger partial charge in [0.2, 0.25) is 5.91 Å². The van der Waals surface area contributed by atoms with Gasteiger partial charge in [0, 0.05) is 19.5 Å². The Morgan fingerprint density at radius 3 is 2.53 bits per heavy atom. The maximum Gasteiger partial charge on any atom is 0.222 e. The first-order valence-corrected chi connectivity index (χ1v) is 7.17. The fourth-order valence-corrected chi connectivity index (χ4v) is 3.18. The molecule has 0 spiro atoms. The van der Waals surface area contributed by atoms with Gasteiger partial charge in [-0.1, -0.05) is 32.6 Å². The minimum atomic E-state index is 0.324. The highest BCUT2D eigenvalue weighted by atomic mass is 16.2. The highest BCUT2D eigenvalue weighted by Crippen LogP contribution is 2.31. The van der Waals surface area contributed by atoms with E-state index in [4.69, 9.17) is 5.73 Å². The van der Waals surface area contributed by atoms with Gasteiger partial charge in [-0.25, -0.2) is 0 Å². The van der Waals surface area contributed by atoms with E-state index in [0.717, 1.165) is 24.9 Å². The van der Waals surface area contributed by atoms with Crippen LogP contribution >= 0.6 is 0 Å². The lowest BCUT2D eigenvalue weighted by atomic mass is 9.81. The minimum Gasteiger partial charge on any atom is -0.342 e. The number of carbonyl (C=O) groups excluding carboxylic acids is 1. The molecule has 0 radical (unpaired) electrons. The number of hydrogen-bond donors (Lipinski definition) is 1. The second-order valence-corrected chi connectivity index (χ2v) is 6.06. The Kier molecular flexibility index (Phi) is 4.43. The van der Waals surface area contributed by atoms with Crippen LogP contribution in [0.2, 0.25) is 0 Å². The average molecular weight is 238 g/mol. The summed E-state index contributed by atoms with van der Waals surface area (Å²) in [6.07, 6.45) is 7.37. The number of carbonyl (C=O) groups is 1. The Labute approximate surface area is 105 Å². The summed E-state index contributed by atoms with van der Waals surface area (Å²) in [5.41, 5.74) is 5.63. The van der Waals surface area contributed by atoms with Crippen LogP contribution in [-0.2, 0) is 4.79 Å². The zero-order valence-corrected chi connectivity index (χ0v) is 11.0. The van der Waals surface area contributed by atoms with E-state index in [0.29, 0.717) is 24.8 Å². The van der Waals surface area contributed by atoms with Crippen LogP contribution in [0.1, 0.15) is 45.4 Å². The maximum atomic E-state index is 11.7. The van der Waals surface area contributed by atoms with Gasteiger partial charge in [-0.05, 0) is 30.7 Å². The lowest BCUT2D eigenvalue weighted by molar-refractivity contribution is -0.127. The maximum absolute atomic E-state index is 11.7. The quantitative estimate of drug-likeness (QED) is 0.814. The summed E-state index contributed by atoms with van der Waals surface area (Å²) in [5, 5.41) is 0. The third-order valence-electron chi connectivity index (χ3n) is 4.57. The molecule has 2 rings (SSSR count). The predicted octanol–water partition coefficient (Wildman–Crippen LogP) is 2.01. The van der Waals surface area contributed by atoms with Crippen molar-refractivity contribution in [2.75, 3.05) is 19.6 Å². The molecule has 2 N–H and O–H groups in total. The van der Waals surface area contributed by atoms with Crippen molar-refractivity contribution in [1.29, 1.82) is 0 Å². The van der Waals surface area contributed by atoms with Crippen LogP contribution < -0.4 is 5.73 Å². The molecule has 1 amide bonds. The molecule has 1 atom stereocenters. The largest absolute Gasteiger partial charge is 0.342 e. The van der Waals surface area contributed by atoms with Gasteiger partial charge in [0.25, 0.3) is 0 Å². The Morgan fingerprint density at radius 1 is 1.24 bits per heavy atom. The number of likely N-dealkylation sites (tertiary alicyclic amines) is 1. The van der Waals surface area contributed by atoms with Crippen LogP contribution in [0.3, 0.4) is 0 Å². The van der Waals surface area contributed by atoms with E-state index in [-0.39, 0.29) is 0 Å². The first-order chi connectivity index (χ1) is 8.19. The third-order valence-corrected chi connectivity index (χ3v) is 4.57. The van der Waals surface area contributed by atoms with Gasteiger partial charge in [-0.15, -0.1) is 0 Å². The number of hydrogen-bond acceptors (Lipinski definition) is 2. The van der Waals surface area contributed by atoms with Crippen molar-refractivity contribution in [3.8, 4) is 0 Å². The normalized spacial score (nSPS) is 34.4. The molecule has 0 aromatic heterocycles. The first-order valence-electron chi connectivity index (χ1n) is 7.17. The second kappa shape index (κ2) is 5.85. The summed E-state index contributed by atoms with van der Waals surface area (Å²) in [6.45, 7) is 4.88. The van der Waals surface area contributed by atoms with E-state index < -0.39 is 0 Å². The molecular weight excluding hydrogens is 212 g/mol. The SMILES string of the molecule is CC1CCC(CCN2CC(CN)CC2=O)CC1. The van der Waals surface area contributed by atoms with Crippen LogP contribution in [0.5, 0.6) is 0 Å². The molecule has 2 aliphatic rings. The second-order valence-electron chi connectivity index (χ2n) is 6.06. The van der Waals surface area contributed by atoms with Crippen molar-refractivity contribution < 1.29 is 4.79 Å². The summed E-state index contributed by atoms with van der Waals surface area (Å²) >= 11 is 0. The monoisotopic (exact) mass is 238 g/mol. The first kappa shape index (κ1) is 12.9. The Morgan fingerprint density at radius 2 is 1.94 bits per heavy atom. The molecule has 1 aliphatic heterocycles. The fourth-order valence-electron chi connectivity index (χ4n) is 3.18. The van der Waals surface area contributed by atoms with Gasteiger partial charge in [-0.3, -0.25) is 4.79 Å². The Hall–Kier alpha value is -0.570. The lowest BCUT2D eigenvalue weighted by Crippen LogP contribution is -2.29. The van der Waals surface area contributed by atoms with Crippen LogP contribution in [-0.4, -0.2) is 30.4 Å². The molecule has 1 saturated heterocycles. The summed E-state index contributed by atoms with van der Waals surface area (Å²) in [7, 11) is 0.